The number of rotatable bonds is 7. The second kappa shape index (κ2) is 7.70. The Morgan fingerprint density at radius 3 is 2.74 bits per heavy atom. The molecule has 0 aromatic heterocycles. The standard InChI is InChI=1S/C13H15BrN2O3/c1-2-7-15-11(13(18)19)8-12(17)16-10-6-4-3-5-9(10)14/h2-6,11,15H,1,7-8H2,(H,16,17)(H,18,19)/t11-/m0/s1. The first-order chi connectivity index (χ1) is 9.04. The highest BCUT2D eigenvalue weighted by Crippen LogP contribution is 2.21. The van der Waals surface area contributed by atoms with Gasteiger partial charge in [-0.3, -0.25) is 4.79 Å². The number of aliphatic carboxylic acids is 1. The van der Waals surface area contributed by atoms with Crippen molar-refractivity contribution >= 4 is 33.5 Å². The molecule has 1 aromatic rings. The molecule has 0 saturated carbocycles. The van der Waals surface area contributed by atoms with Gasteiger partial charge in [0.05, 0.1) is 24.6 Å². The predicted molar refractivity (Wildman–Crippen MR) is 73.2 cm³/mol. The summed E-state index contributed by atoms with van der Waals surface area (Å²) < 4.78 is 0.739. The van der Waals surface area contributed by atoms with Crippen molar-refractivity contribution in [3.63, 3.8) is 0 Å². The summed E-state index contributed by atoms with van der Waals surface area (Å²) in [5.41, 5.74) is 0.605. The third kappa shape index (κ3) is 5.23. The number of carboxylic acids is 1. The molecule has 0 unspecified atom stereocenters. The smallest absolute Gasteiger partial charge is 0.230 e. The highest BCUT2D eigenvalue weighted by molar-refractivity contribution is 9.10. The zero-order chi connectivity index (χ0) is 14.3. The molecule has 0 fully saturated rings. The molecule has 0 spiro atoms. The Morgan fingerprint density at radius 2 is 2.16 bits per heavy atom. The van der Waals surface area contributed by atoms with Gasteiger partial charge in [-0.15, -0.1) is 0 Å². The molecule has 0 aliphatic carbocycles. The number of hydrogen-bond acceptors (Lipinski definition) is 3. The highest BCUT2D eigenvalue weighted by atomic mass is 79.9. The Bertz CT molecular complexity index is 477. The fourth-order valence-corrected chi connectivity index (χ4v) is 1.87. The number of halogens is 1. The molecule has 0 bridgehead atoms. The van der Waals surface area contributed by atoms with Crippen molar-refractivity contribution in [3.8, 4) is 0 Å². The van der Waals surface area contributed by atoms with E-state index in [-0.39, 0.29) is 12.3 Å². The number of benzene rings is 1. The van der Waals surface area contributed by atoms with Crippen LogP contribution in [-0.2, 0) is 9.59 Å². The number of anilines is 1. The van der Waals surface area contributed by atoms with Gasteiger partial charge in [-0.25, -0.2) is 0 Å². The summed E-state index contributed by atoms with van der Waals surface area (Å²) >= 11 is 3.30. The first-order valence-electron chi connectivity index (χ1n) is 5.74. The van der Waals surface area contributed by atoms with Crippen molar-refractivity contribution in [2.75, 3.05) is 11.9 Å². The van der Waals surface area contributed by atoms with Crippen molar-refractivity contribution in [1.29, 1.82) is 0 Å². The normalized spacial score (nSPS) is 11.6. The summed E-state index contributed by atoms with van der Waals surface area (Å²) in [7, 11) is 0. The summed E-state index contributed by atoms with van der Waals surface area (Å²) in [4.78, 5) is 22.7. The number of nitrogens with two attached hydrogens (primary N) is 1. The Kier molecular flexibility index (Phi) is 6.24. The average Bonchev–Trinajstić information content (AvgIpc) is 2.37. The van der Waals surface area contributed by atoms with E-state index in [4.69, 9.17) is 0 Å². The van der Waals surface area contributed by atoms with Crippen LogP contribution in [0.25, 0.3) is 0 Å². The number of quaternary nitrogens is 1. The maximum absolute atomic E-state index is 11.8. The Morgan fingerprint density at radius 1 is 1.47 bits per heavy atom. The predicted octanol–water partition coefficient (Wildman–Crippen LogP) is -0.354. The Hall–Kier alpha value is -1.66. The van der Waals surface area contributed by atoms with Crippen molar-refractivity contribution in [2.45, 2.75) is 12.5 Å². The third-order valence-electron chi connectivity index (χ3n) is 2.44. The van der Waals surface area contributed by atoms with Crippen LogP contribution in [0.2, 0.25) is 0 Å². The van der Waals surface area contributed by atoms with Crippen LogP contribution in [0.15, 0.2) is 41.4 Å². The summed E-state index contributed by atoms with van der Waals surface area (Å²) in [6, 6.07) is 6.20. The van der Waals surface area contributed by atoms with Gasteiger partial charge in [0.15, 0.2) is 0 Å². The van der Waals surface area contributed by atoms with Gasteiger partial charge in [0, 0.05) is 4.47 Å². The lowest BCUT2D eigenvalue weighted by molar-refractivity contribution is -0.674. The molecule has 19 heavy (non-hydrogen) atoms. The van der Waals surface area contributed by atoms with Gasteiger partial charge in [-0.2, -0.15) is 0 Å². The van der Waals surface area contributed by atoms with E-state index in [9.17, 15) is 14.7 Å². The van der Waals surface area contributed by atoms with Gasteiger partial charge < -0.3 is 20.5 Å². The lowest BCUT2D eigenvalue weighted by Crippen LogP contribution is -2.93. The van der Waals surface area contributed by atoms with Crippen LogP contribution in [-0.4, -0.2) is 24.5 Å². The zero-order valence-electron chi connectivity index (χ0n) is 10.3. The van der Waals surface area contributed by atoms with Crippen LogP contribution in [0, 0.1) is 0 Å². The molecule has 0 radical (unpaired) electrons. The lowest BCUT2D eigenvalue weighted by atomic mass is 10.2. The van der Waals surface area contributed by atoms with E-state index < -0.39 is 12.0 Å². The number of amides is 1. The van der Waals surface area contributed by atoms with E-state index in [2.05, 4.69) is 27.8 Å². The molecule has 1 rings (SSSR count). The number of carbonyl (C=O) groups is 2. The van der Waals surface area contributed by atoms with Crippen LogP contribution in [0.5, 0.6) is 0 Å². The van der Waals surface area contributed by atoms with Gasteiger partial charge in [0.25, 0.3) is 0 Å². The second-order valence-electron chi connectivity index (χ2n) is 3.92. The van der Waals surface area contributed by atoms with Gasteiger partial charge in [-0.1, -0.05) is 18.7 Å². The number of carbonyl (C=O) groups excluding carboxylic acids is 2. The highest BCUT2D eigenvalue weighted by Gasteiger charge is 2.18. The molecule has 1 aromatic carbocycles. The maximum Gasteiger partial charge on any atom is 0.230 e. The molecular weight excluding hydrogens is 312 g/mol. The summed E-state index contributed by atoms with van der Waals surface area (Å²) in [6.45, 7) is 3.92. The van der Waals surface area contributed by atoms with E-state index in [1.807, 2.05) is 6.07 Å². The zero-order valence-corrected chi connectivity index (χ0v) is 11.9. The molecule has 0 saturated heterocycles. The molecule has 102 valence electrons. The summed E-state index contributed by atoms with van der Waals surface area (Å²) in [5, 5.41) is 15.0. The maximum atomic E-state index is 11.8. The van der Waals surface area contributed by atoms with Crippen LogP contribution in [0.1, 0.15) is 6.42 Å². The van der Waals surface area contributed by atoms with E-state index >= 15 is 0 Å². The minimum absolute atomic E-state index is 0.155. The molecule has 1 amide bonds. The van der Waals surface area contributed by atoms with Crippen molar-refractivity contribution in [1.82, 2.24) is 0 Å². The average molecular weight is 327 g/mol. The summed E-state index contributed by atoms with van der Waals surface area (Å²) in [6.07, 6.45) is 1.42. The number of nitrogens with one attached hydrogen (secondary N) is 1. The topological polar surface area (TPSA) is 85.8 Å². The molecule has 1 atom stereocenters. The Labute approximate surface area is 119 Å². The van der Waals surface area contributed by atoms with Crippen LogP contribution in [0.4, 0.5) is 5.69 Å². The lowest BCUT2D eigenvalue weighted by Gasteiger charge is -2.15. The van der Waals surface area contributed by atoms with E-state index in [1.165, 1.54) is 5.32 Å². The van der Waals surface area contributed by atoms with Crippen LogP contribution >= 0.6 is 15.9 Å². The van der Waals surface area contributed by atoms with Crippen molar-refractivity contribution in [3.05, 3.63) is 41.4 Å². The molecule has 5 nitrogen and oxygen atoms in total. The first-order valence-corrected chi connectivity index (χ1v) is 6.53. The molecule has 0 aliphatic heterocycles. The minimum Gasteiger partial charge on any atom is -0.544 e. The van der Waals surface area contributed by atoms with E-state index in [0.717, 1.165) is 4.47 Å². The van der Waals surface area contributed by atoms with E-state index in [1.54, 1.807) is 24.3 Å². The van der Waals surface area contributed by atoms with Gasteiger partial charge >= 0.3 is 0 Å². The van der Waals surface area contributed by atoms with E-state index in [0.29, 0.717) is 12.2 Å². The fraction of sp³-hybridized carbons (Fsp3) is 0.231. The fourth-order valence-electron chi connectivity index (χ4n) is 1.49. The number of carboxylic acid groups (broad SMARTS) is 1. The number of hydrogen-bond donors (Lipinski definition) is 2. The quantitative estimate of drug-likeness (QED) is 0.671. The molecule has 3 N–H and O–H groups in total. The van der Waals surface area contributed by atoms with Crippen LogP contribution < -0.4 is 15.7 Å². The van der Waals surface area contributed by atoms with Gasteiger partial charge in [0.2, 0.25) is 5.91 Å². The molecule has 6 heteroatoms. The minimum atomic E-state index is -1.26. The van der Waals surface area contributed by atoms with Crippen molar-refractivity contribution in [2.24, 2.45) is 0 Å². The monoisotopic (exact) mass is 326 g/mol. The van der Waals surface area contributed by atoms with Gasteiger partial charge in [-0.05, 0) is 34.1 Å². The van der Waals surface area contributed by atoms with Crippen molar-refractivity contribution < 1.29 is 20.0 Å². The first kappa shape index (κ1) is 15.4. The van der Waals surface area contributed by atoms with Gasteiger partial charge in [0.1, 0.15) is 6.04 Å². The largest absolute Gasteiger partial charge is 0.544 e. The summed E-state index contributed by atoms with van der Waals surface area (Å²) in [5.74, 6) is -1.63. The van der Waals surface area contributed by atoms with Crippen LogP contribution in [0.3, 0.4) is 0 Å². The third-order valence-corrected chi connectivity index (χ3v) is 3.13. The number of para-hydroxylation sites is 1. The SMILES string of the molecule is C=CC[NH2+][C@@H](CC(=O)Nc1ccccc1Br)C(=O)[O-]. The molecule has 0 aliphatic rings. The molecule has 0 heterocycles. The molecular formula is C13H15BrN2O3. The second-order valence-corrected chi connectivity index (χ2v) is 4.77. The Balaban J connectivity index is 2.60.